The van der Waals surface area contributed by atoms with Gasteiger partial charge in [-0.2, -0.15) is 11.8 Å². The van der Waals surface area contributed by atoms with E-state index < -0.39 is 0 Å². The number of rotatable bonds is 1. The van der Waals surface area contributed by atoms with E-state index in [-0.39, 0.29) is 0 Å². The number of hydrogen-bond donors (Lipinski definition) is 0. The van der Waals surface area contributed by atoms with Crippen LogP contribution in [-0.4, -0.2) is 12.5 Å². The number of hydrogen-bond acceptors (Lipinski definition) is 1. The third kappa shape index (κ3) is 7330. The average Bonchev–Trinajstić information content (AvgIpc) is 2.58. The molecule has 0 atom stereocenters. The Balaban J connectivity index is -0.0000000140. The van der Waals surface area contributed by atoms with Crippen LogP contribution in [0.1, 0.15) is 89.5 Å². The van der Waals surface area contributed by atoms with Crippen molar-refractivity contribution in [1.29, 1.82) is 0 Å². The molecule has 1 heteroatoms. The molecule has 0 saturated carbocycles. The number of thioether (sulfide) groups is 1. The minimum Gasteiger partial charge on any atom is -0.169 e. The van der Waals surface area contributed by atoms with Crippen LogP contribution in [0.25, 0.3) is 0 Å². The van der Waals surface area contributed by atoms with Gasteiger partial charge < -0.3 is 0 Å². The van der Waals surface area contributed by atoms with E-state index in [4.69, 9.17) is 0 Å². The van der Waals surface area contributed by atoms with Crippen molar-refractivity contribution in [3.8, 4) is 0 Å². The van der Waals surface area contributed by atoms with Crippen LogP contribution in [0, 0.1) is 0 Å². The predicted octanol–water partition coefficient (Wildman–Crippen LogP) is 8.88. The molecule has 0 amide bonds. The van der Waals surface area contributed by atoms with E-state index in [1.165, 1.54) is 0 Å². The topological polar surface area (TPSA) is 0 Å². The maximum Gasteiger partial charge on any atom is -0.0187 e. The molecule has 0 unspecified atom stereocenters. The minimum absolute atomic E-state index is 1.08. The Morgan fingerprint density at radius 3 is 0.750 bits per heavy atom. The Morgan fingerprint density at radius 1 is 0.700 bits per heavy atom. The van der Waals surface area contributed by atoms with Gasteiger partial charge in [0.15, 0.2) is 0 Å². The second-order valence-electron chi connectivity index (χ2n) is 1.51. The molecule has 0 radical (unpaired) electrons. The van der Waals surface area contributed by atoms with Gasteiger partial charge >= 0.3 is 0 Å². The molecular formula is C19H50S. The highest BCUT2D eigenvalue weighted by atomic mass is 32.2. The van der Waals surface area contributed by atoms with Gasteiger partial charge in [0.25, 0.3) is 0 Å². The Bertz CT molecular complexity index is 49.7. The molecule has 0 spiro atoms. The van der Waals surface area contributed by atoms with Crippen LogP contribution >= 0.6 is 11.8 Å². The molecule has 0 heterocycles. The zero-order valence-electron chi connectivity index (χ0n) is 17.7. The summed E-state index contributed by atoms with van der Waals surface area (Å²) in [6.07, 6.45) is 8.79. The molecular weight excluding hydrogens is 260 g/mol. The van der Waals surface area contributed by atoms with Gasteiger partial charge in [-0.15, -0.1) is 13.2 Å². The van der Waals surface area contributed by atoms with Gasteiger partial charge in [0.05, 0.1) is 0 Å². The lowest BCUT2D eigenvalue weighted by atomic mass is 10.5. The predicted molar refractivity (Wildman–Crippen MR) is 113 cm³/mol. The van der Waals surface area contributed by atoms with E-state index in [1.807, 2.05) is 94.7 Å². The summed E-state index contributed by atoms with van der Waals surface area (Å²) < 4.78 is 0. The first-order valence-corrected chi connectivity index (χ1v) is 9.96. The Labute approximate surface area is 139 Å². The molecule has 132 valence electrons. The van der Waals surface area contributed by atoms with Crippen LogP contribution in [0.5, 0.6) is 0 Å². The van der Waals surface area contributed by atoms with Gasteiger partial charge in [-0.05, 0) is 25.9 Å². The molecule has 0 aromatic rings. The van der Waals surface area contributed by atoms with Crippen LogP contribution < -0.4 is 0 Å². The molecule has 20 heavy (non-hydrogen) atoms. The third-order valence-corrected chi connectivity index (χ3v) is 0.289. The standard InChI is InChI=1S/C4H8.C3H6.C2H6S.5C2H6/c1-3-4-2;2*1-3-2;5*1-2/h3H,1,4H2,2H3;3H,1H2,2H3;1-2H3;5*1-2H3. The molecule has 0 aliphatic rings. The van der Waals surface area contributed by atoms with Crippen molar-refractivity contribution in [2.45, 2.75) is 89.5 Å². The van der Waals surface area contributed by atoms with Crippen molar-refractivity contribution < 1.29 is 0 Å². The second kappa shape index (κ2) is 408. The Kier molecular flexibility index (Phi) is 1030. The molecule has 0 aromatic carbocycles. The molecule has 0 bridgehead atoms. The molecule has 0 aliphatic carbocycles. The van der Waals surface area contributed by atoms with Gasteiger partial charge in [-0.1, -0.05) is 88.3 Å². The number of allylic oxidation sites excluding steroid dienone is 2. The van der Waals surface area contributed by atoms with Gasteiger partial charge in [0.1, 0.15) is 0 Å². The summed E-state index contributed by atoms with van der Waals surface area (Å²) >= 11 is 1.75. The van der Waals surface area contributed by atoms with Crippen molar-refractivity contribution >= 4 is 11.8 Å². The second-order valence-corrected chi connectivity index (χ2v) is 2.33. The maximum absolute atomic E-state index is 3.48. The van der Waals surface area contributed by atoms with Gasteiger partial charge in [0, 0.05) is 0 Å². The van der Waals surface area contributed by atoms with Crippen molar-refractivity contribution in [2.24, 2.45) is 0 Å². The summed E-state index contributed by atoms with van der Waals surface area (Å²) in [6.45, 7) is 30.8. The zero-order valence-corrected chi connectivity index (χ0v) is 18.5. The van der Waals surface area contributed by atoms with Crippen LogP contribution in [0.4, 0.5) is 0 Å². The largest absolute Gasteiger partial charge is 0.169 e. The molecule has 0 aliphatic heterocycles. The smallest absolute Gasteiger partial charge is 0.0187 e. The highest BCUT2D eigenvalue weighted by molar-refractivity contribution is 7.97. The van der Waals surface area contributed by atoms with Crippen molar-refractivity contribution in [2.75, 3.05) is 12.5 Å². The van der Waals surface area contributed by atoms with E-state index in [1.54, 1.807) is 17.8 Å². The normalized spacial score (nSPS) is 4.30. The molecule has 0 saturated heterocycles. The average molecular weight is 311 g/mol. The monoisotopic (exact) mass is 310 g/mol. The lowest BCUT2D eigenvalue weighted by Crippen LogP contribution is -1.36. The maximum atomic E-state index is 3.48. The molecule has 0 nitrogen and oxygen atoms in total. The molecule has 0 fully saturated rings. The van der Waals surface area contributed by atoms with Crippen LogP contribution in [0.15, 0.2) is 25.3 Å². The van der Waals surface area contributed by atoms with Crippen molar-refractivity contribution in [3.63, 3.8) is 0 Å². The van der Waals surface area contributed by atoms with Crippen molar-refractivity contribution in [3.05, 3.63) is 25.3 Å². The summed E-state index contributed by atoms with van der Waals surface area (Å²) in [5.41, 5.74) is 0. The Hall–Kier alpha value is -0.170. The van der Waals surface area contributed by atoms with E-state index >= 15 is 0 Å². The summed E-state index contributed by atoms with van der Waals surface area (Å²) in [5.74, 6) is 0. The summed E-state index contributed by atoms with van der Waals surface area (Å²) in [7, 11) is 0. The SMILES string of the molecule is C=CC.C=CCC.CC.CC.CC.CC.CC.CSC. The van der Waals surface area contributed by atoms with Gasteiger partial charge in [0.2, 0.25) is 0 Å². The molecule has 0 rings (SSSR count). The zero-order chi connectivity index (χ0) is 18.8. The fourth-order valence-corrected chi connectivity index (χ4v) is 0. The lowest BCUT2D eigenvalue weighted by molar-refractivity contribution is 1.23. The summed E-state index contributed by atoms with van der Waals surface area (Å²) in [5, 5.41) is 0. The molecule has 0 aromatic heterocycles. The third-order valence-electron chi connectivity index (χ3n) is 0.289. The van der Waals surface area contributed by atoms with Gasteiger partial charge in [-0.3, -0.25) is 0 Å². The minimum atomic E-state index is 1.08. The van der Waals surface area contributed by atoms with Crippen molar-refractivity contribution in [1.82, 2.24) is 0 Å². The van der Waals surface area contributed by atoms with E-state index in [0.29, 0.717) is 0 Å². The highest BCUT2D eigenvalue weighted by Gasteiger charge is 1.45. The first-order valence-electron chi connectivity index (χ1n) is 8.33. The van der Waals surface area contributed by atoms with E-state index in [2.05, 4.69) is 20.1 Å². The van der Waals surface area contributed by atoms with E-state index in [0.717, 1.165) is 6.42 Å². The quantitative estimate of drug-likeness (QED) is 0.436. The highest BCUT2D eigenvalue weighted by Crippen LogP contribution is 1.70. The Morgan fingerprint density at radius 2 is 0.750 bits per heavy atom. The van der Waals surface area contributed by atoms with Crippen LogP contribution in [-0.2, 0) is 0 Å². The fraction of sp³-hybridized carbons (Fsp3) is 0.789. The van der Waals surface area contributed by atoms with Crippen LogP contribution in [0.3, 0.4) is 0 Å². The summed E-state index contributed by atoms with van der Waals surface area (Å²) in [6, 6.07) is 0. The fourth-order valence-electron chi connectivity index (χ4n) is 0. The van der Waals surface area contributed by atoms with Crippen LogP contribution in [0.2, 0.25) is 0 Å². The van der Waals surface area contributed by atoms with Gasteiger partial charge in [-0.25, -0.2) is 0 Å². The molecule has 0 N–H and O–H groups in total. The summed E-state index contributed by atoms with van der Waals surface area (Å²) in [4.78, 5) is 0. The van der Waals surface area contributed by atoms with E-state index in [9.17, 15) is 0 Å². The first-order chi connectivity index (χ1) is 9.74. The lowest BCUT2D eigenvalue weighted by Gasteiger charge is -1.57. The first kappa shape index (κ1) is 50.2.